The average molecular weight is 626 g/mol. The van der Waals surface area contributed by atoms with Crippen LogP contribution in [-0.2, 0) is 16.9 Å². The van der Waals surface area contributed by atoms with E-state index in [-0.39, 0.29) is 57.9 Å². The molecule has 4 N–H and O–H groups in total. The van der Waals surface area contributed by atoms with Crippen LogP contribution >= 0.6 is 11.6 Å². The predicted molar refractivity (Wildman–Crippen MR) is 155 cm³/mol. The molecule has 0 fully saturated rings. The summed E-state index contributed by atoms with van der Waals surface area (Å²) >= 11 is 6.33. The van der Waals surface area contributed by atoms with Crippen LogP contribution in [0.25, 0.3) is 11.3 Å². The van der Waals surface area contributed by atoms with Gasteiger partial charge in [0.25, 0.3) is 11.8 Å². The molecule has 2 aromatic carbocycles. The van der Waals surface area contributed by atoms with Crippen molar-refractivity contribution in [1.29, 1.82) is 0 Å². The van der Waals surface area contributed by atoms with E-state index in [0.29, 0.717) is 0 Å². The van der Waals surface area contributed by atoms with Crippen molar-refractivity contribution in [3.63, 3.8) is 0 Å². The number of ether oxygens (including phenoxy) is 1. The second kappa shape index (κ2) is 13.8. The van der Waals surface area contributed by atoms with Gasteiger partial charge in [0.15, 0.2) is 17.4 Å². The number of anilines is 1. The molecule has 3 aromatic rings. The third-order valence-electron chi connectivity index (χ3n) is 6.17. The van der Waals surface area contributed by atoms with E-state index in [1.165, 1.54) is 61.5 Å². The number of imidazole rings is 1. The number of quaternary nitrogens is 1. The van der Waals surface area contributed by atoms with Crippen LogP contribution in [0.2, 0.25) is 5.02 Å². The molecule has 2 amide bonds. The smallest absolute Gasteiger partial charge is 0.291 e. The fraction of sp³-hybridized carbons (Fsp3) is 0.296. The largest absolute Gasteiger partial charge is 0.494 e. The summed E-state index contributed by atoms with van der Waals surface area (Å²) in [6.07, 6.45) is 4.16. The van der Waals surface area contributed by atoms with Crippen molar-refractivity contribution in [1.82, 2.24) is 19.9 Å². The minimum Gasteiger partial charge on any atom is -0.494 e. The molecule has 3 rings (SSSR count). The molecule has 42 heavy (non-hydrogen) atoms. The number of aromatic nitrogens is 2. The lowest BCUT2D eigenvalue weighted by molar-refractivity contribution is -0.769. The molecule has 0 aliphatic heterocycles. The molecular formula is C27H32ClF2N6O5S+. The van der Waals surface area contributed by atoms with Gasteiger partial charge in [-0.3, -0.25) is 9.59 Å². The molecule has 0 radical (unpaired) electrons. The minimum atomic E-state index is -3.11. The summed E-state index contributed by atoms with van der Waals surface area (Å²) in [5, 5.41) is 7.19. The van der Waals surface area contributed by atoms with Gasteiger partial charge in [-0.2, -0.15) is 4.39 Å². The molecule has 0 atom stereocenters. The van der Waals surface area contributed by atoms with Crippen LogP contribution in [0.3, 0.4) is 0 Å². The number of amides is 2. The number of carbonyl (C=O) groups is 2. The molecule has 15 heteroatoms. The molecule has 226 valence electrons. The third kappa shape index (κ3) is 8.05. The number of nitrogens with two attached hydrogens (primary N) is 1. The summed E-state index contributed by atoms with van der Waals surface area (Å²) in [6, 6.07) is 6.94. The van der Waals surface area contributed by atoms with E-state index in [1.54, 1.807) is 30.6 Å². The van der Waals surface area contributed by atoms with E-state index in [9.17, 15) is 26.8 Å². The SMILES string of the molecule is C[NH2+]N(/C=C(\C)CNC(=O)c1ccc(NC(=O)c2ncc(-c3ccc(OC)c(F)c3F)n2C)cc1Cl)CCS(C)(=O)=O. The normalized spacial score (nSPS) is 11.8. The summed E-state index contributed by atoms with van der Waals surface area (Å²) in [5.41, 5.74) is 3.05. The highest BCUT2D eigenvalue weighted by Gasteiger charge is 2.22. The van der Waals surface area contributed by atoms with Gasteiger partial charge < -0.3 is 19.9 Å². The Morgan fingerprint density at radius 2 is 1.90 bits per heavy atom. The van der Waals surface area contributed by atoms with Crippen LogP contribution < -0.4 is 20.8 Å². The number of hydrogen-bond donors (Lipinski definition) is 3. The Hall–Kier alpha value is -4.01. The second-order valence-corrected chi connectivity index (χ2v) is 12.1. The second-order valence-electron chi connectivity index (χ2n) is 9.40. The maximum Gasteiger partial charge on any atom is 0.291 e. The maximum atomic E-state index is 14.6. The van der Waals surface area contributed by atoms with Gasteiger partial charge in [0, 0.05) is 31.1 Å². The Morgan fingerprint density at radius 3 is 2.52 bits per heavy atom. The Labute approximate surface area is 247 Å². The van der Waals surface area contributed by atoms with Crippen LogP contribution in [-0.4, -0.2) is 74.0 Å². The van der Waals surface area contributed by atoms with Gasteiger partial charge in [-0.15, -0.1) is 0 Å². The van der Waals surface area contributed by atoms with Crippen molar-refractivity contribution in [2.45, 2.75) is 6.92 Å². The molecule has 0 aliphatic rings. The number of benzene rings is 2. The molecule has 11 nitrogen and oxygen atoms in total. The molecule has 0 bridgehead atoms. The van der Waals surface area contributed by atoms with Gasteiger partial charge >= 0.3 is 0 Å². The zero-order valence-electron chi connectivity index (χ0n) is 23.7. The van der Waals surface area contributed by atoms with Crippen LogP contribution in [0, 0.1) is 11.6 Å². The lowest BCUT2D eigenvalue weighted by atomic mass is 10.1. The van der Waals surface area contributed by atoms with Gasteiger partial charge in [0.2, 0.25) is 5.82 Å². The van der Waals surface area contributed by atoms with E-state index in [4.69, 9.17) is 16.3 Å². The number of rotatable bonds is 12. The van der Waals surface area contributed by atoms with Crippen molar-refractivity contribution in [2.24, 2.45) is 7.05 Å². The van der Waals surface area contributed by atoms with Crippen molar-refractivity contribution >= 4 is 38.9 Å². The molecule has 0 aliphatic carbocycles. The molecule has 0 unspecified atom stereocenters. The quantitative estimate of drug-likeness (QED) is 0.207. The van der Waals surface area contributed by atoms with Crippen molar-refractivity contribution < 1.29 is 37.0 Å². The Balaban J connectivity index is 1.66. The fourth-order valence-corrected chi connectivity index (χ4v) is 4.71. The monoisotopic (exact) mass is 625 g/mol. The zero-order chi connectivity index (χ0) is 31.2. The summed E-state index contributed by atoms with van der Waals surface area (Å²) in [5.74, 6) is -3.70. The van der Waals surface area contributed by atoms with Crippen LogP contribution in [0.15, 0.2) is 48.3 Å². The Kier molecular flexibility index (Phi) is 10.7. The third-order valence-corrected chi connectivity index (χ3v) is 7.41. The summed E-state index contributed by atoms with van der Waals surface area (Å²) < 4.78 is 57.7. The molecule has 1 aromatic heterocycles. The maximum absolute atomic E-state index is 14.6. The summed E-state index contributed by atoms with van der Waals surface area (Å²) in [7, 11) is 1.37. The average Bonchev–Trinajstić information content (AvgIpc) is 3.31. The van der Waals surface area contributed by atoms with Crippen molar-refractivity contribution in [3.8, 4) is 17.0 Å². The molecule has 0 saturated carbocycles. The van der Waals surface area contributed by atoms with E-state index in [1.807, 2.05) is 0 Å². The van der Waals surface area contributed by atoms with Crippen molar-refractivity contribution in [2.75, 3.05) is 44.6 Å². The van der Waals surface area contributed by atoms with Gasteiger partial charge in [-0.1, -0.05) is 11.6 Å². The van der Waals surface area contributed by atoms with Crippen LogP contribution in [0.4, 0.5) is 14.5 Å². The van der Waals surface area contributed by atoms with Gasteiger partial charge in [-0.25, -0.2) is 28.2 Å². The number of methoxy groups -OCH3 is 1. The predicted octanol–water partition coefficient (Wildman–Crippen LogP) is 2.37. The molecular weight excluding hydrogens is 594 g/mol. The first-order valence-corrected chi connectivity index (χ1v) is 15.0. The first-order valence-electron chi connectivity index (χ1n) is 12.6. The molecule has 1 heterocycles. The van der Waals surface area contributed by atoms with Crippen LogP contribution in [0.5, 0.6) is 5.75 Å². The van der Waals surface area contributed by atoms with Gasteiger partial charge in [0.05, 0.1) is 55.1 Å². The standard InChI is InChI=1S/C27H31ClF2N6O5S/c1-16(15-36(31-2)10-11-42(5,39)40)13-33-26(37)18-7-6-17(12-20(18)28)34-27(38)25-32-14-21(35(25)3)19-8-9-22(41-4)24(30)23(19)29/h6-9,12,14-15,31H,10-11,13H2,1-5H3,(H,33,37)(H,34,38)/p+1/b16-15+. The topological polar surface area (TPSA) is 139 Å². The van der Waals surface area contributed by atoms with Crippen molar-refractivity contribution in [3.05, 3.63) is 76.3 Å². The fourth-order valence-electron chi connectivity index (χ4n) is 3.91. The lowest BCUT2D eigenvalue weighted by Crippen LogP contribution is -2.89. The number of sulfone groups is 1. The van der Waals surface area contributed by atoms with E-state index in [2.05, 4.69) is 15.6 Å². The molecule has 0 spiro atoms. The van der Waals surface area contributed by atoms with E-state index >= 15 is 0 Å². The Bertz CT molecular complexity index is 1630. The number of hydrogen-bond acceptors (Lipinski definition) is 7. The lowest BCUT2D eigenvalue weighted by Gasteiger charge is -2.16. The number of nitrogens with zero attached hydrogens (tertiary/aromatic N) is 3. The van der Waals surface area contributed by atoms with Crippen LogP contribution in [0.1, 0.15) is 27.9 Å². The summed E-state index contributed by atoms with van der Waals surface area (Å²) in [6.45, 7) is 2.27. The van der Waals surface area contributed by atoms with E-state index < -0.39 is 33.3 Å². The highest BCUT2D eigenvalue weighted by atomic mass is 35.5. The highest BCUT2D eigenvalue weighted by Crippen LogP contribution is 2.30. The first kappa shape index (κ1) is 32.5. The number of nitrogens with one attached hydrogen (secondary N) is 2. The zero-order valence-corrected chi connectivity index (χ0v) is 25.2. The Morgan fingerprint density at radius 1 is 1.19 bits per heavy atom. The van der Waals surface area contributed by atoms with Gasteiger partial charge in [0.1, 0.15) is 9.84 Å². The van der Waals surface area contributed by atoms with Gasteiger partial charge in [-0.05, 0) is 42.8 Å². The van der Waals surface area contributed by atoms with E-state index in [0.717, 1.165) is 5.57 Å². The number of halogens is 3. The minimum absolute atomic E-state index is 0.00547. The summed E-state index contributed by atoms with van der Waals surface area (Å²) in [4.78, 5) is 29.7. The number of carbonyl (C=O) groups excluding carboxylic acids is 2. The molecule has 0 saturated heterocycles. The highest BCUT2D eigenvalue weighted by molar-refractivity contribution is 7.90. The first-order chi connectivity index (χ1) is 19.7.